The topological polar surface area (TPSA) is 94.6 Å². The zero-order valence-corrected chi connectivity index (χ0v) is 16.4. The molecule has 0 radical (unpaired) electrons. The van der Waals surface area contributed by atoms with Crippen LogP contribution in [0.2, 0.25) is 0 Å². The van der Waals surface area contributed by atoms with Crippen molar-refractivity contribution in [1.82, 2.24) is 4.98 Å². The molecular formula is C18H18N2O5S2. The highest BCUT2D eigenvalue weighted by molar-refractivity contribution is 7.91. The molecule has 1 amide bonds. The van der Waals surface area contributed by atoms with E-state index >= 15 is 0 Å². The number of aromatic nitrogens is 1. The van der Waals surface area contributed by atoms with Gasteiger partial charge in [-0.15, -0.1) is 0 Å². The number of nitrogens with zero attached hydrogens (tertiary/aromatic N) is 1. The molecule has 0 aliphatic carbocycles. The molecule has 0 aliphatic heterocycles. The van der Waals surface area contributed by atoms with Crippen LogP contribution >= 0.6 is 11.3 Å². The predicted octanol–water partition coefficient (Wildman–Crippen LogP) is 2.87. The zero-order valence-electron chi connectivity index (χ0n) is 14.8. The number of methoxy groups -OCH3 is 2. The largest absolute Gasteiger partial charge is 0.495 e. The van der Waals surface area contributed by atoms with Crippen LogP contribution in [0.15, 0.2) is 42.5 Å². The summed E-state index contributed by atoms with van der Waals surface area (Å²) in [5.41, 5.74) is 1.18. The van der Waals surface area contributed by atoms with Crippen molar-refractivity contribution in [3.8, 4) is 11.5 Å². The number of ether oxygens (including phenoxy) is 2. The standard InChI is InChI=1S/C18H18N2O5S2/c1-24-13-8-9-14(25-2)17-16(13)20-18(26-17)19-15(21)11-27(22,23)10-12-6-4-3-5-7-12/h3-9H,10-11H2,1-2H3,(H,19,20,21). The predicted molar refractivity (Wildman–Crippen MR) is 105 cm³/mol. The summed E-state index contributed by atoms with van der Waals surface area (Å²) < 4.78 is 35.8. The van der Waals surface area contributed by atoms with Crippen LogP contribution in [0.25, 0.3) is 10.2 Å². The van der Waals surface area contributed by atoms with Crippen LogP contribution in [0.4, 0.5) is 5.13 Å². The molecule has 7 nitrogen and oxygen atoms in total. The number of hydrogen-bond acceptors (Lipinski definition) is 7. The van der Waals surface area contributed by atoms with E-state index in [1.54, 1.807) is 42.5 Å². The van der Waals surface area contributed by atoms with E-state index in [-0.39, 0.29) is 10.9 Å². The lowest BCUT2D eigenvalue weighted by molar-refractivity contribution is -0.113. The highest BCUT2D eigenvalue weighted by Gasteiger charge is 2.20. The number of carbonyl (C=O) groups excluding carboxylic acids is 1. The molecule has 1 heterocycles. The van der Waals surface area contributed by atoms with Crippen molar-refractivity contribution in [3.63, 3.8) is 0 Å². The normalized spacial score (nSPS) is 11.3. The molecule has 3 aromatic rings. The number of benzene rings is 2. The summed E-state index contributed by atoms with van der Waals surface area (Å²) >= 11 is 1.19. The highest BCUT2D eigenvalue weighted by atomic mass is 32.2. The number of hydrogen-bond donors (Lipinski definition) is 1. The van der Waals surface area contributed by atoms with E-state index < -0.39 is 21.5 Å². The molecule has 0 atom stereocenters. The number of thiazole rings is 1. The van der Waals surface area contributed by atoms with Gasteiger partial charge in [0.25, 0.3) is 0 Å². The fraction of sp³-hybridized carbons (Fsp3) is 0.222. The van der Waals surface area contributed by atoms with Gasteiger partial charge in [-0.1, -0.05) is 41.7 Å². The fourth-order valence-corrected chi connectivity index (χ4v) is 4.84. The van der Waals surface area contributed by atoms with Crippen LogP contribution in [0, 0.1) is 0 Å². The van der Waals surface area contributed by atoms with E-state index in [0.717, 1.165) is 0 Å². The Hall–Kier alpha value is -2.65. The minimum Gasteiger partial charge on any atom is -0.495 e. The molecule has 0 aliphatic rings. The quantitative estimate of drug-likeness (QED) is 0.648. The van der Waals surface area contributed by atoms with Gasteiger partial charge >= 0.3 is 0 Å². The lowest BCUT2D eigenvalue weighted by Gasteiger charge is -2.04. The number of rotatable bonds is 7. The van der Waals surface area contributed by atoms with Gasteiger partial charge in [0.05, 0.1) is 20.0 Å². The van der Waals surface area contributed by atoms with Crippen molar-refractivity contribution in [2.75, 3.05) is 25.3 Å². The summed E-state index contributed by atoms with van der Waals surface area (Å²) in [4.78, 5) is 16.6. The minimum atomic E-state index is -3.59. The summed E-state index contributed by atoms with van der Waals surface area (Å²) in [5.74, 6) is -0.308. The summed E-state index contributed by atoms with van der Waals surface area (Å²) in [7, 11) is -0.534. The van der Waals surface area contributed by atoms with Gasteiger partial charge in [-0.05, 0) is 17.7 Å². The first-order valence-corrected chi connectivity index (χ1v) is 10.6. The van der Waals surface area contributed by atoms with Gasteiger partial charge < -0.3 is 14.8 Å². The van der Waals surface area contributed by atoms with Gasteiger partial charge in [0, 0.05) is 0 Å². The number of fused-ring (bicyclic) bond motifs is 1. The first-order valence-electron chi connectivity index (χ1n) is 7.97. The molecule has 0 spiro atoms. The number of sulfone groups is 1. The van der Waals surface area contributed by atoms with Crippen molar-refractivity contribution in [2.24, 2.45) is 0 Å². The molecule has 2 aromatic carbocycles. The van der Waals surface area contributed by atoms with Crippen LogP contribution < -0.4 is 14.8 Å². The molecule has 0 saturated heterocycles. The molecular weight excluding hydrogens is 388 g/mol. The lowest BCUT2D eigenvalue weighted by Crippen LogP contribution is -2.23. The monoisotopic (exact) mass is 406 g/mol. The van der Waals surface area contributed by atoms with E-state index in [1.165, 1.54) is 25.6 Å². The van der Waals surface area contributed by atoms with E-state index in [9.17, 15) is 13.2 Å². The Morgan fingerprint density at radius 2 is 1.74 bits per heavy atom. The molecule has 0 unspecified atom stereocenters. The number of carbonyl (C=O) groups is 1. The second-order valence-corrected chi connectivity index (χ2v) is 8.80. The third-order valence-electron chi connectivity index (χ3n) is 3.74. The molecule has 1 aromatic heterocycles. The molecule has 3 rings (SSSR count). The molecule has 1 N–H and O–H groups in total. The summed E-state index contributed by atoms with van der Waals surface area (Å²) in [6, 6.07) is 12.2. The van der Waals surface area contributed by atoms with E-state index in [0.29, 0.717) is 27.3 Å². The first kappa shape index (κ1) is 19.1. The third kappa shape index (κ3) is 4.55. The fourth-order valence-electron chi connectivity index (χ4n) is 2.57. The molecule has 0 fully saturated rings. The van der Waals surface area contributed by atoms with E-state index in [2.05, 4.69) is 10.3 Å². The van der Waals surface area contributed by atoms with Crippen molar-refractivity contribution in [3.05, 3.63) is 48.0 Å². The van der Waals surface area contributed by atoms with E-state index in [4.69, 9.17) is 9.47 Å². The zero-order chi connectivity index (χ0) is 19.4. The second kappa shape index (κ2) is 7.93. The summed E-state index contributed by atoms with van der Waals surface area (Å²) in [5, 5.41) is 2.84. The number of anilines is 1. The van der Waals surface area contributed by atoms with Gasteiger partial charge in [-0.2, -0.15) is 0 Å². The van der Waals surface area contributed by atoms with Crippen molar-refractivity contribution >= 4 is 42.4 Å². The molecule has 0 bridgehead atoms. The Kier molecular flexibility index (Phi) is 5.62. The summed E-state index contributed by atoms with van der Waals surface area (Å²) in [6.45, 7) is 0. The van der Waals surface area contributed by atoms with Crippen LogP contribution in [-0.4, -0.2) is 39.3 Å². The van der Waals surface area contributed by atoms with Gasteiger partial charge in [-0.3, -0.25) is 4.79 Å². The maximum Gasteiger partial charge on any atom is 0.241 e. The van der Waals surface area contributed by atoms with Crippen molar-refractivity contribution < 1.29 is 22.7 Å². The van der Waals surface area contributed by atoms with Gasteiger partial charge in [-0.25, -0.2) is 13.4 Å². The van der Waals surface area contributed by atoms with Crippen molar-refractivity contribution in [2.45, 2.75) is 5.75 Å². The van der Waals surface area contributed by atoms with Crippen molar-refractivity contribution in [1.29, 1.82) is 0 Å². The van der Waals surface area contributed by atoms with Crippen LogP contribution in [0.3, 0.4) is 0 Å². The number of amides is 1. The lowest BCUT2D eigenvalue weighted by atomic mass is 10.2. The smallest absolute Gasteiger partial charge is 0.241 e. The Bertz CT molecular complexity index is 1020. The Morgan fingerprint density at radius 1 is 1.07 bits per heavy atom. The second-order valence-electron chi connectivity index (χ2n) is 5.73. The molecule has 0 saturated carbocycles. The van der Waals surface area contributed by atoms with E-state index in [1.807, 2.05) is 0 Å². The Balaban J connectivity index is 1.76. The van der Waals surface area contributed by atoms with Crippen LogP contribution in [0.5, 0.6) is 11.5 Å². The SMILES string of the molecule is COc1ccc(OC)c2sc(NC(=O)CS(=O)(=O)Cc3ccccc3)nc12. The minimum absolute atomic E-state index is 0.192. The Labute approximate surface area is 160 Å². The Morgan fingerprint density at radius 3 is 2.41 bits per heavy atom. The first-order chi connectivity index (χ1) is 12.9. The number of nitrogens with one attached hydrogen (secondary N) is 1. The van der Waals surface area contributed by atoms with Gasteiger partial charge in [0.1, 0.15) is 27.5 Å². The maximum absolute atomic E-state index is 12.3. The van der Waals surface area contributed by atoms with Crippen LogP contribution in [0.1, 0.15) is 5.56 Å². The highest BCUT2D eigenvalue weighted by Crippen LogP contribution is 2.38. The average molecular weight is 406 g/mol. The van der Waals surface area contributed by atoms with Gasteiger partial charge in [0.15, 0.2) is 15.0 Å². The average Bonchev–Trinajstić information content (AvgIpc) is 3.03. The maximum atomic E-state index is 12.3. The third-order valence-corrected chi connectivity index (χ3v) is 6.20. The summed E-state index contributed by atoms with van der Waals surface area (Å²) in [6.07, 6.45) is 0. The van der Waals surface area contributed by atoms with Gasteiger partial charge in [0.2, 0.25) is 5.91 Å². The van der Waals surface area contributed by atoms with Crippen LogP contribution in [-0.2, 0) is 20.4 Å². The molecule has 142 valence electrons. The molecule has 27 heavy (non-hydrogen) atoms. The molecule has 9 heteroatoms.